The Bertz CT molecular complexity index is 151. The fourth-order valence-corrected chi connectivity index (χ4v) is 1.09. The number of aliphatic hydroxyl groups is 1. The monoisotopic (exact) mass is 233 g/mol. The molecule has 16 heavy (non-hydrogen) atoms. The third-order valence-electron chi connectivity index (χ3n) is 1.88. The highest BCUT2D eigenvalue weighted by atomic mass is 16.5. The second-order valence-corrected chi connectivity index (χ2v) is 4.71. The minimum atomic E-state index is -0.438. The molecule has 1 atom stereocenters. The number of hydrogen-bond donors (Lipinski definition) is 2. The molecule has 0 aromatic carbocycles. The molecule has 0 bridgehead atoms. The predicted molar refractivity (Wildman–Crippen MR) is 65.6 cm³/mol. The van der Waals surface area contributed by atoms with Gasteiger partial charge in [-0.1, -0.05) is 13.8 Å². The van der Waals surface area contributed by atoms with Gasteiger partial charge in [0.05, 0.1) is 25.4 Å². The summed E-state index contributed by atoms with van der Waals surface area (Å²) >= 11 is 0. The van der Waals surface area contributed by atoms with E-state index >= 15 is 0 Å². The lowest BCUT2D eigenvalue weighted by atomic mass is 10.2. The van der Waals surface area contributed by atoms with Crippen molar-refractivity contribution in [1.82, 2.24) is 5.32 Å². The summed E-state index contributed by atoms with van der Waals surface area (Å²) in [7, 11) is 0. The normalized spacial score (nSPS) is 13.7. The maximum Gasteiger partial charge on any atom is 0.0897 e. The number of aliphatic hydroxyl groups excluding tert-OH is 1. The van der Waals surface area contributed by atoms with Gasteiger partial charge in [-0.3, -0.25) is 0 Å². The van der Waals surface area contributed by atoms with Crippen molar-refractivity contribution in [2.24, 2.45) is 5.92 Å². The quantitative estimate of drug-likeness (QED) is 0.553. The molecular formula is C12H27NO3. The summed E-state index contributed by atoms with van der Waals surface area (Å²) in [4.78, 5) is 0. The van der Waals surface area contributed by atoms with Gasteiger partial charge in [0.15, 0.2) is 0 Å². The van der Waals surface area contributed by atoms with Crippen LogP contribution in [0.3, 0.4) is 0 Å². The van der Waals surface area contributed by atoms with Gasteiger partial charge in [-0.25, -0.2) is 0 Å². The highest BCUT2D eigenvalue weighted by Gasteiger charge is 2.04. The second-order valence-electron chi connectivity index (χ2n) is 4.71. The van der Waals surface area contributed by atoms with Gasteiger partial charge in [-0.05, 0) is 19.8 Å². The van der Waals surface area contributed by atoms with Crippen LogP contribution in [-0.2, 0) is 9.47 Å². The van der Waals surface area contributed by atoms with Gasteiger partial charge in [0, 0.05) is 19.7 Å². The van der Waals surface area contributed by atoms with E-state index in [2.05, 4.69) is 19.2 Å². The van der Waals surface area contributed by atoms with Gasteiger partial charge < -0.3 is 19.9 Å². The van der Waals surface area contributed by atoms with Crippen LogP contribution < -0.4 is 5.32 Å². The molecule has 0 saturated heterocycles. The molecule has 1 unspecified atom stereocenters. The molecule has 0 aliphatic rings. The summed E-state index contributed by atoms with van der Waals surface area (Å²) in [6.07, 6.45) is -0.267. The molecule has 0 aromatic heterocycles. The first-order valence-corrected chi connectivity index (χ1v) is 6.10. The fraction of sp³-hybridized carbons (Fsp3) is 1.00. The number of ether oxygens (including phenoxy) is 2. The first-order valence-electron chi connectivity index (χ1n) is 6.10. The van der Waals surface area contributed by atoms with Crippen molar-refractivity contribution in [3.8, 4) is 0 Å². The Hall–Kier alpha value is -0.160. The van der Waals surface area contributed by atoms with E-state index < -0.39 is 6.10 Å². The molecule has 0 heterocycles. The lowest BCUT2D eigenvalue weighted by Crippen LogP contribution is -2.33. The van der Waals surface area contributed by atoms with E-state index in [1.54, 1.807) is 0 Å². The van der Waals surface area contributed by atoms with Crippen LogP contribution in [0, 0.1) is 5.92 Å². The van der Waals surface area contributed by atoms with Crippen molar-refractivity contribution in [3.63, 3.8) is 0 Å². The van der Waals surface area contributed by atoms with E-state index in [1.165, 1.54) is 0 Å². The van der Waals surface area contributed by atoms with Crippen LogP contribution in [0.5, 0.6) is 0 Å². The van der Waals surface area contributed by atoms with Crippen molar-refractivity contribution in [2.75, 3.05) is 32.9 Å². The standard InChI is InChI=1S/C12H27NO3/c1-10(2)8-15-6-5-13-7-12(14)9-16-11(3)4/h10-14H,5-9H2,1-4H3. The van der Waals surface area contributed by atoms with E-state index in [0.717, 1.165) is 13.2 Å². The first kappa shape index (κ1) is 15.8. The third kappa shape index (κ3) is 11.9. The average molecular weight is 233 g/mol. The zero-order valence-electron chi connectivity index (χ0n) is 11.0. The third-order valence-corrected chi connectivity index (χ3v) is 1.88. The molecule has 0 aromatic rings. The second kappa shape index (κ2) is 10.0. The summed E-state index contributed by atoms with van der Waals surface area (Å²) in [6, 6.07) is 0. The number of rotatable bonds is 10. The zero-order valence-corrected chi connectivity index (χ0v) is 11.0. The summed E-state index contributed by atoms with van der Waals surface area (Å²) in [6.45, 7) is 11.4. The van der Waals surface area contributed by atoms with E-state index in [-0.39, 0.29) is 6.10 Å². The van der Waals surface area contributed by atoms with Crippen molar-refractivity contribution in [1.29, 1.82) is 0 Å². The Labute approximate surface area is 99.3 Å². The van der Waals surface area contributed by atoms with Gasteiger partial charge >= 0.3 is 0 Å². The lowest BCUT2D eigenvalue weighted by Gasteiger charge is -2.14. The number of nitrogens with one attached hydrogen (secondary N) is 1. The Kier molecular flexibility index (Phi) is 9.92. The van der Waals surface area contributed by atoms with Crippen LogP contribution in [0.4, 0.5) is 0 Å². The smallest absolute Gasteiger partial charge is 0.0897 e. The number of hydrogen-bond acceptors (Lipinski definition) is 4. The molecule has 0 spiro atoms. The van der Waals surface area contributed by atoms with Crippen molar-refractivity contribution in [2.45, 2.75) is 39.9 Å². The van der Waals surface area contributed by atoms with Crippen LogP contribution in [0.25, 0.3) is 0 Å². The molecule has 0 saturated carbocycles. The molecule has 98 valence electrons. The molecule has 4 nitrogen and oxygen atoms in total. The van der Waals surface area contributed by atoms with Gasteiger partial charge in [-0.15, -0.1) is 0 Å². The maximum absolute atomic E-state index is 9.51. The highest BCUT2D eigenvalue weighted by molar-refractivity contribution is 4.58. The highest BCUT2D eigenvalue weighted by Crippen LogP contribution is 1.92. The minimum absolute atomic E-state index is 0.170. The largest absolute Gasteiger partial charge is 0.389 e. The Morgan fingerprint density at radius 2 is 1.81 bits per heavy atom. The van der Waals surface area contributed by atoms with Gasteiger partial charge in [0.2, 0.25) is 0 Å². The Morgan fingerprint density at radius 3 is 2.38 bits per heavy atom. The molecule has 0 fully saturated rings. The summed E-state index contributed by atoms with van der Waals surface area (Å²) in [5.41, 5.74) is 0. The molecule has 0 aliphatic heterocycles. The molecule has 0 aliphatic carbocycles. The first-order chi connectivity index (χ1) is 7.52. The Balaban J connectivity index is 3.18. The van der Waals surface area contributed by atoms with E-state index in [4.69, 9.17) is 9.47 Å². The fourth-order valence-electron chi connectivity index (χ4n) is 1.09. The minimum Gasteiger partial charge on any atom is -0.389 e. The Morgan fingerprint density at radius 1 is 1.12 bits per heavy atom. The molecule has 0 rings (SSSR count). The molecule has 0 amide bonds. The van der Waals surface area contributed by atoms with Crippen molar-refractivity contribution < 1.29 is 14.6 Å². The topological polar surface area (TPSA) is 50.7 Å². The summed E-state index contributed by atoms with van der Waals surface area (Å²) < 4.78 is 10.7. The van der Waals surface area contributed by atoms with Crippen LogP contribution in [-0.4, -0.2) is 50.2 Å². The van der Waals surface area contributed by atoms with E-state index in [0.29, 0.717) is 25.7 Å². The van der Waals surface area contributed by atoms with Gasteiger partial charge in [0.1, 0.15) is 0 Å². The van der Waals surface area contributed by atoms with E-state index in [9.17, 15) is 5.11 Å². The zero-order chi connectivity index (χ0) is 12.4. The predicted octanol–water partition coefficient (Wildman–Crippen LogP) is 1.03. The summed E-state index contributed by atoms with van der Waals surface area (Å²) in [5.74, 6) is 0.574. The average Bonchev–Trinajstić information content (AvgIpc) is 2.19. The molecule has 0 radical (unpaired) electrons. The van der Waals surface area contributed by atoms with Crippen LogP contribution in [0.2, 0.25) is 0 Å². The molecule has 4 heteroatoms. The van der Waals surface area contributed by atoms with Gasteiger partial charge in [-0.2, -0.15) is 0 Å². The summed E-state index contributed by atoms with van der Waals surface area (Å²) in [5, 5.41) is 12.6. The lowest BCUT2D eigenvalue weighted by molar-refractivity contribution is 0.00559. The van der Waals surface area contributed by atoms with Crippen molar-refractivity contribution in [3.05, 3.63) is 0 Å². The van der Waals surface area contributed by atoms with Crippen LogP contribution in [0.1, 0.15) is 27.7 Å². The van der Waals surface area contributed by atoms with Crippen LogP contribution >= 0.6 is 0 Å². The SMILES string of the molecule is CC(C)COCCNCC(O)COC(C)C. The maximum atomic E-state index is 9.51. The van der Waals surface area contributed by atoms with E-state index in [1.807, 2.05) is 13.8 Å². The van der Waals surface area contributed by atoms with Crippen LogP contribution in [0.15, 0.2) is 0 Å². The molecule has 2 N–H and O–H groups in total. The van der Waals surface area contributed by atoms with Gasteiger partial charge in [0.25, 0.3) is 0 Å². The van der Waals surface area contributed by atoms with Crippen molar-refractivity contribution >= 4 is 0 Å². The molecular weight excluding hydrogens is 206 g/mol.